The quantitative estimate of drug-likeness (QED) is 0.0665. The van der Waals surface area contributed by atoms with E-state index in [1.807, 2.05) is 0 Å². The number of nitrogens with two attached hydrogens (primary N) is 3. The van der Waals surface area contributed by atoms with Crippen LogP contribution in [0, 0.1) is 0 Å². The highest BCUT2D eigenvalue weighted by atomic mass is 16.7. The SMILES string of the molecule is C[C@H](O)[C@H](OC(CN)[C@@H](O)CO)O[C@@H]1C(N)C[C@@H](NC(=O)[C@@H](O)CCNC(=O)OC(C)(C)C)[C@@H](O[C@H]2OC(CO)[C@@H](O)C(N)[C@@H]2O)C1O. The monoisotopic (exact) mass is 701 g/mol. The Bertz CT molecular complexity index is 991. The number of aliphatic hydroxyl groups is 8. The third kappa shape index (κ3) is 11.9. The number of nitrogens with one attached hydrogen (secondary N) is 2. The Morgan fingerprint density at radius 1 is 1.02 bits per heavy atom. The first-order valence-corrected chi connectivity index (χ1v) is 15.7. The minimum atomic E-state index is -1.76. The highest BCUT2D eigenvalue weighted by molar-refractivity contribution is 5.81. The Morgan fingerprint density at radius 3 is 2.21 bits per heavy atom. The van der Waals surface area contributed by atoms with Crippen LogP contribution in [0.3, 0.4) is 0 Å². The summed E-state index contributed by atoms with van der Waals surface area (Å²) in [4.78, 5) is 24.9. The number of alkyl carbamates (subject to hydrolysis) is 1. The Kier molecular flexibility index (Phi) is 16.7. The molecule has 282 valence electrons. The second-order valence-electron chi connectivity index (χ2n) is 13.0. The van der Waals surface area contributed by atoms with E-state index in [1.165, 1.54) is 6.92 Å². The standard InChI is InChI=1S/C28H55N5O15/c1-11(36)25(44-16(8-29)15(38)9-34)46-22-12(30)7-13(33-24(42)14(37)5-6-32-27(43)48-28(2,3)4)23(21(22)41)47-26-20(40)18(31)19(39)17(10-35)45-26/h11-23,25-26,34-41H,5-10,29-31H2,1-4H3,(H,32,43)(H,33,42)/t11-,12?,13+,14-,15-,16?,17?,18?,19+,20-,21?,22+,23+,25+,26+/m0/s1. The van der Waals surface area contributed by atoms with E-state index in [2.05, 4.69) is 10.6 Å². The molecule has 15 atom stereocenters. The van der Waals surface area contributed by atoms with E-state index < -0.39 is 123 Å². The molecule has 5 unspecified atom stereocenters. The molecule has 16 N–H and O–H groups in total. The van der Waals surface area contributed by atoms with Crippen molar-refractivity contribution < 1.29 is 74.1 Å². The van der Waals surface area contributed by atoms with Gasteiger partial charge in [0, 0.05) is 19.1 Å². The van der Waals surface area contributed by atoms with Gasteiger partial charge in [0.15, 0.2) is 12.6 Å². The fraction of sp³-hybridized carbons (Fsp3) is 0.929. The molecule has 48 heavy (non-hydrogen) atoms. The molecule has 0 bridgehead atoms. The summed E-state index contributed by atoms with van der Waals surface area (Å²) in [5, 5.41) is 87.3. The lowest BCUT2D eigenvalue weighted by atomic mass is 9.83. The molecule has 1 heterocycles. The first-order chi connectivity index (χ1) is 22.3. The zero-order valence-electron chi connectivity index (χ0n) is 27.6. The normalized spacial score (nSPS) is 34.4. The number of aliphatic hydroxyl groups excluding tert-OH is 8. The van der Waals surface area contributed by atoms with Gasteiger partial charge in [-0.25, -0.2) is 4.79 Å². The van der Waals surface area contributed by atoms with Crippen LogP contribution < -0.4 is 27.8 Å². The van der Waals surface area contributed by atoms with Gasteiger partial charge >= 0.3 is 6.09 Å². The number of rotatable bonds is 16. The molecule has 1 aliphatic carbocycles. The van der Waals surface area contributed by atoms with E-state index >= 15 is 0 Å². The number of hydrogen-bond acceptors (Lipinski definition) is 18. The van der Waals surface area contributed by atoms with Crippen LogP contribution in [0.4, 0.5) is 4.79 Å². The molecule has 0 aromatic heterocycles. The van der Waals surface area contributed by atoms with Gasteiger partial charge in [0.1, 0.15) is 66.6 Å². The molecule has 2 fully saturated rings. The van der Waals surface area contributed by atoms with Crippen LogP contribution in [-0.4, -0.2) is 177 Å². The minimum absolute atomic E-state index is 0.132. The van der Waals surface area contributed by atoms with Crippen molar-refractivity contribution in [2.75, 3.05) is 26.3 Å². The molecular formula is C28H55N5O15. The van der Waals surface area contributed by atoms with Gasteiger partial charge in [-0.3, -0.25) is 4.79 Å². The highest BCUT2D eigenvalue weighted by Crippen LogP contribution is 2.30. The maximum atomic E-state index is 13.0. The summed E-state index contributed by atoms with van der Waals surface area (Å²) >= 11 is 0. The van der Waals surface area contributed by atoms with Gasteiger partial charge in [-0.1, -0.05) is 0 Å². The van der Waals surface area contributed by atoms with Gasteiger partial charge in [0.25, 0.3) is 0 Å². The van der Waals surface area contributed by atoms with E-state index in [0.29, 0.717) is 0 Å². The highest BCUT2D eigenvalue weighted by Gasteiger charge is 2.51. The molecule has 2 amide bonds. The average Bonchev–Trinajstić information content (AvgIpc) is 3.00. The minimum Gasteiger partial charge on any atom is -0.444 e. The lowest BCUT2D eigenvalue weighted by molar-refractivity contribution is -0.316. The van der Waals surface area contributed by atoms with E-state index in [0.717, 1.165) is 0 Å². The van der Waals surface area contributed by atoms with Crippen molar-refractivity contribution in [2.24, 2.45) is 17.2 Å². The third-order valence-corrected chi connectivity index (χ3v) is 7.81. The van der Waals surface area contributed by atoms with Gasteiger partial charge < -0.3 is 92.4 Å². The first-order valence-electron chi connectivity index (χ1n) is 15.7. The average molecular weight is 702 g/mol. The molecule has 1 saturated carbocycles. The van der Waals surface area contributed by atoms with Crippen LogP contribution >= 0.6 is 0 Å². The van der Waals surface area contributed by atoms with Gasteiger partial charge in [-0.2, -0.15) is 0 Å². The number of hydrogen-bond donors (Lipinski definition) is 13. The number of carbonyl (C=O) groups is 2. The van der Waals surface area contributed by atoms with Crippen molar-refractivity contribution in [2.45, 2.75) is 138 Å². The predicted octanol–water partition coefficient (Wildman–Crippen LogP) is -6.22. The molecule has 0 aromatic rings. The van der Waals surface area contributed by atoms with Gasteiger partial charge in [-0.15, -0.1) is 0 Å². The second kappa shape index (κ2) is 18.9. The number of carbonyl (C=O) groups excluding carboxylic acids is 2. The maximum absolute atomic E-state index is 13.0. The van der Waals surface area contributed by atoms with Crippen molar-refractivity contribution in [3.63, 3.8) is 0 Å². The molecule has 2 rings (SSSR count). The van der Waals surface area contributed by atoms with Crippen LogP contribution in [0.1, 0.15) is 40.5 Å². The number of ether oxygens (including phenoxy) is 5. The molecule has 20 heteroatoms. The van der Waals surface area contributed by atoms with E-state index in [-0.39, 0.29) is 25.9 Å². The molecule has 1 saturated heterocycles. The molecule has 20 nitrogen and oxygen atoms in total. The summed E-state index contributed by atoms with van der Waals surface area (Å²) in [5.41, 5.74) is 17.1. The Labute approximate surface area is 278 Å². The molecular weight excluding hydrogens is 646 g/mol. The van der Waals surface area contributed by atoms with Gasteiger partial charge in [0.2, 0.25) is 5.91 Å². The lowest BCUT2D eigenvalue weighted by Crippen LogP contribution is -2.69. The molecule has 1 aliphatic heterocycles. The van der Waals surface area contributed by atoms with E-state index in [1.54, 1.807) is 20.8 Å². The zero-order chi connectivity index (χ0) is 36.5. The summed E-state index contributed by atoms with van der Waals surface area (Å²) in [7, 11) is 0. The smallest absolute Gasteiger partial charge is 0.407 e. The predicted molar refractivity (Wildman–Crippen MR) is 163 cm³/mol. The van der Waals surface area contributed by atoms with E-state index in [9.17, 15) is 50.4 Å². The van der Waals surface area contributed by atoms with E-state index in [4.69, 9.17) is 40.9 Å². The summed E-state index contributed by atoms with van der Waals surface area (Å²) in [5.74, 6) is -0.933. The van der Waals surface area contributed by atoms with Gasteiger partial charge in [0.05, 0.1) is 25.3 Å². The fourth-order valence-electron chi connectivity index (χ4n) is 5.16. The topological polar surface area (TPSA) is 344 Å². The van der Waals surface area contributed by atoms with Crippen LogP contribution in [-0.2, 0) is 28.5 Å². The summed E-state index contributed by atoms with van der Waals surface area (Å²) in [6, 6.07) is -3.62. The molecule has 0 spiro atoms. The van der Waals surface area contributed by atoms with Crippen LogP contribution in [0.5, 0.6) is 0 Å². The Hall–Kier alpha value is -1.86. The van der Waals surface area contributed by atoms with Crippen molar-refractivity contribution >= 4 is 12.0 Å². The zero-order valence-corrected chi connectivity index (χ0v) is 27.6. The lowest BCUT2D eigenvalue weighted by Gasteiger charge is -2.48. The number of amides is 2. The fourth-order valence-corrected chi connectivity index (χ4v) is 5.16. The maximum Gasteiger partial charge on any atom is 0.407 e. The largest absolute Gasteiger partial charge is 0.444 e. The molecule has 0 aromatic carbocycles. The van der Waals surface area contributed by atoms with Crippen molar-refractivity contribution in [3.05, 3.63) is 0 Å². The third-order valence-electron chi connectivity index (χ3n) is 7.81. The first kappa shape index (κ1) is 42.3. The molecule has 0 radical (unpaired) electrons. The van der Waals surface area contributed by atoms with Gasteiger partial charge in [-0.05, 0) is 40.5 Å². The van der Waals surface area contributed by atoms with Crippen LogP contribution in [0.2, 0.25) is 0 Å². The second-order valence-corrected chi connectivity index (χ2v) is 13.0. The summed E-state index contributed by atoms with van der Waals surface area (Å²) in [6.07, 6.45) is -19.1. The van der Waals surface area contributed by atoms with Crippen molar-refractivity contribution in [3.8, 4) is 0 Å². The Balaban J connectivity index is 2.28. The summed E-state index contributed by atoms with van der Waals surface area (Å²) < 4.78 is 28.0. The van der Waals surface area contributed by atoms with Crippen LogP contribution in [0.25, 0.3) is 0 Å². The van der Waals surface area contributed by atoms with Crippen molar-refractivity contribution in [1.82, 2.24) is 10.6 Å². The van der Waals surface area contributed by atoms with Crippen molar-refractivity contribution in [1.29, 1.82) is 0 Å². The molecule has 2 aliphatic rings. The summed E-state index contributed by atoms with van der Waals surface area (Å²) in [6.45, 7) is 4.46. The van der Waals surface area contributed by atoms with Crippen LogP contribution in [0.15, 0.2) is 0 Å². The Morgan fingerprint density at radius 2 is 1.67 bits per heavy atom.